The van der Waals surface area contributed by atoms with Gasteiger partial charge in [-0.15, -0.1) is 11.3 Å². The number of nitrogens with zero attached hydrogens (tertiary/aromatic N) is 2. The Morgan fingerprint density at radius 2 is 1.96 bits per heavy atom. The number of aryl methyl sites for hydroxylation is 2. The van der Waals surface area contributed by atoms with E-state index >= 15 is 0 Å². The fraction of sp³-hybridized carbons (Fsp3) is 0.364. The lowest BCUT2D eigenvalue weighted by molar-refractivity contribution is -0.118. The first-order valence-electron chi connectivity index (χ1n) is 9.56. The first-order chi connectivity index (χ1) is 13.1. The Labute approximate surface area is 164 Å². The minimum atomic E-state index is 0.0491. The fourth-order valence-electron chi connectivity index (χ4n) is 3.92. The van der Waals surface area contributed by atoms with Crippen LogP contribution in [-0.2, 0) is 4.79 Å². The summed E-state index contributed by atoms with van der Waals surface area (Å²) < 4.78 is 1.22. The van der Waals surface area contributed by atoms with Crippen LogP contribution in [0.15, 0.2) is 42.5 Å². The van der Waals surface area contributed by atoms with Crippen LogP contribution in [0.3, 0.4) is 0 Å². The first-order valence-corrected chi connectivity index (χ1v) is 10.4. The van der Waals surface area contributed by atoms with E-state index in [1.54, 1.807) is 11.3 Å². The molecule has 1 aliphatic heterocycles. The number of likely N-dealkylation sites (tertiary alicyclic amines) is 1. The predicted molar refractivity (Wildman–Crippen MR) is 112 cm³/mol. The second-order valence-corrected chi connectivity index (χ2v) is 8.49. The van der Waals surface area contributed by atoms with E-state index in [9.17, 15) is 4.79 Å². The van der Waals surface area contributed by atoms with Crippen LogP contribution >= 0.6 is 11.3 Å². The van der Waals surface area contributed by atoms with Crippen LogP contribution in [0.4, 0.5) is 5.69 Å². The number of nitrogens with one attached hydrogen (secondary N) is 1. The molecule has 4 rings (SSSR count). The standard InChI is InChI=1S/C22H25N3OS/c1-15-11-16(2)13-17(12-15)23-21(26)14-25-10-6-5-8-19(25)22-24-18-7-3-4-9-20(18)27-22/h3-4,7,9,11-13,19H,5-6,8,10,14H2,1-2H3,(H,23,26)/t19-/m0/s1. The van der Waals surface area contributed by atoms with Gasteiger partial charge in [-0.2, -0.15) is 0 Å². The number of fused-ring (bicyclic) bond motifs is 1. The molecule has 0 aliphatic carbocycles. The monoisotopic (exact) mass is 379 g/mol. The van der Waals surface area contributed by atoms with E-state index in [4.69, 9.17) is 4.98 Å². The third kappa shape index (κ3) is 4.20. The van der Waals surface area contributed by atoms with Gasteiger partial charge in [0.25, 0.3) is 0 Å². The highest BCUT2D eigenvalue weighted by Crippen LogP contribution is 2.35. The van der Waals surface area contributed by atoms with Crippen molar-refractivity contribution in [3.63, 3.8) is 0 Å². The zero-order valence-corrected chi connectivity index (χ0v) is 16.7. The number of benzene rings is 2. The SMILES string of the molecule is Cc1cc(C)cc(NC(=O)CN2CCCC[C@H]2c2nc3ccccc3s2)c1. The minimum Gasteiger partial charge on any atom is -0.325 e. The van der Waals surface area contributed by atoms with Gasteiger partial charge in [0.15, 0.2) is 0 Å². The Morgan fingerprint density at radius 1 is 1.19 bits per heavy atom. The lowest BCUT2D eigenvalue weighted by Crippen LogP contribution is -2.39. The maximum absolute atomic E-state index is 12.7. The highest BCUT2D eigenvalue weighted by atomic mass is 32.1. The molecule has 0 bridgehead atoms. The molecular weight excluding hydrogens is 354 g/mol. The molecular formula is C22H25N3OS. The molecule has 1 fully saturated rings. The van der Waals surface area contributed by atoms with E-state index in [-0.39, 0.29) is 11.9 Å². The molecule has 1 saturated heterocycles. The molecule has 5 heteroatoms. The Balaban J connectivity index is 1.49. The minimum absolute atomic E-state index is 0.0491. The Hall–Kier alpha value is -2.24. The van der Waals surface area contributed by atoms with Gasteiger partial charge in [-0.25, -0.2) is 4.98 Å². The maximum Gasteiger partial charge on any atom is 0.238 e. The highest BCUT2D eigenvalue weighted by molar-refractivity contribution is 7.18. The van der Waals surface area contributed by atoms with Gasteiger partial charge < -0.3 is 5.32 Å². The van der Waals surface area contributed by atoms with Crippen molar-refractivity contribution < 1.29 is 4.79 Å². The Bertz CT molecular complexity index is 912. The van der Waals surface area contributed by atoms with Gasteiger partial charge in [0.1, 0.15) is 5.01 Å². The predicted octanol–water partition coefficient (Wildman–Crippen LogP) is 5.08. The van der Waals surface area contributed by atoms with Crippen molar-refractivity contribution in [1.29, 1.82) is 0 Å². The third-order valence-corrected chi connectivity index (χ3v) is 6.20. The summed E-state index contributed by atoms with van der Waals surface area (Å²) in [5.41, 5.74) is 4.26. The normalized spacial score (nSPS) is 17.9. The molecule has 1 aromatic heterocycles. The third-order valence-electron chi connectivity index (χ3n) is 5.06. The summed E-state index contributed by atoms with van der Waals surface area (Å²) in [6, 6.07) is 14.7. The smallest absolute Gasteiger partial charge is 0.238 e. The van der Waals surface area contributed by atoms with Crippen LogP contribution in [0.5, 0.6) is 0 Å². The molecule has 4 nitrogen and oxygen atoms in total. The molecule has 1 atom stereocenters. The van der Waals surface area contributed by atoms with E-state index in [1.165, 1.54) is 11.1 Å². The number of thiazole rings is 1. The number of amides is 1. The van der Waals surface area contributed by atoms with Crippen LogP contribution < -0.4 is 5.32 Å². The summed E-state index contributed by atoms with van der Waals surface area (Å²) in [6.07, 6.45) is 3.39. The molecule has 2 heterocycles. The molecule has 0 spiro atoms. The lowest BCUT2D eigenvalue weighted by Gasteiger charge is -2.33. The summed E-state index contributed by atoms with van der Waals surface area (Å²) >= 11 is 1.76. The van der Waals surface area contributed by atoms with E-state index in [0.717, 1.165) is 46.7 Å². The van der Waals surface area contributed by atoms with Crippen LogP contribution in [0.2, 0.25) is 0 Å². The summed E-state index contributed by atoms with van der Waals surface area (Å²) in [5, 5.41) is 4.21. The lowest BCUT2D eigenvalue weighted by atomic mass is 10.0. The fourth-order valence-corrected chi connectivity index (χ4v) is 5.06. The molecule has 27 heavy (non-hydrogen) atoms. The van der Waals surface area contributed by atoms with Crippen molar-refractivity contribution in [3.05, 3.63) is 58.6 Å². The average molecular weight is 380 g/mol. The summed E-state index contributed by atoms with van der Waals surface area (Å²) in [4.78, 5) is 19.8. The number of aromatic nitrogens is 1. The van der Waals surface area contributed by atoms with Gasteiger partial charge in [0.05, 0.1) is 22.8 Å². The van der Waals surface area contributed by atoms with Crippen molar-refractivity contribution in [1.82, 2.24) is 9.88 Å². The molecule has 0 radical (unpaired) electrons. The van der Waals surface area contributed by atoms with Crippen LogP contribution in [0.25, 0.3) is 10.2 Å². The number of anilines is 1. The second kappa shape index (κ2) is 7.79. The molecule has 0 unspecified atom stereocenters. The van der Waals surface area contributed by atoms with Crippen molar-refractivity contribution >= 4 is 33.1 Å². The summed E-state index contributed by atoms with van der Waals surface area (Å²) in [5.74, 6) is 0.0491. The molecule has 140 valence electrons. The maximum atomic E-state index is 12.7. The number of carbonyl (C=O) groups excluding carboxylic acids is 1. The number of rotatable bonds is 4. The largest absolute Gasteiger partial charge is 0.325 e. The van der Waals surface area contributed by atoms with E-state index < -0.39 is 0 Å². The zero-order chi connectivity index (χ0) is 18.8. The quantitative estimate of drug-likeness (QED) is 0.688. The van der Waals surface area contributed by atoms with Gasteiger partial charge in [0, 0.05) is 5.69 Å². The van der Waals surface area contributed by atoms with Crippen LogP contribution in [0, 0.1) is 13.8 Å². The van der Waals surface area contributed by atoms with E-state index in [2.05, 4.69) is 48.3 Å². The van der Waals surface area contributed by atoms with Crippen LogP contribution in [-0.4, -0.2) is 28.9 Å². The number of hydrogen-bond acceptors (Lipinski definition) is 4. The van der Waals surface area contributed by atoms with Gasteiger partial charge in [-0.05, 0) is 68.6 Å². The second-order valence-electron chi connectivity index (χ2n) is 7.43. The van der Waals surface area contributed by atoms with Gasteiger partial charge >= 0.3 is 0 Å². The highest BCUT2D eigenvalue weighted by Gasteiger charge is 2.28. The number of carbonyl (C=O) groups is 1. The van der Waals surface area contributed by atoms with Gasteiger partial charge in [-0.3, -0.25) is 9.69 Å². The van der Waals surface area contributed by atoms with E-state index in [1.807, 2.05) is 18.2 Å². The Kier molecular flexibility index (Phi) is 5.23. The first kappa shape index (κ1) is 18.1. The molecule has 0 saturated carbocycles. The molecule has 1 N–H and O–H groups in total. The molecule has 3 aromatic rings. The zero-order valence-electron chi connectivity index (χ0n) is 15.9. The number of para-hydroxylation sites is 1. The number of piperidine rings is 1. The molecule has 1 aliphatic rings. The molecule has 2 aromatic carbocycles. The summed E-state index contributed by atoms with van der Waals surface area (Å²) in [7, 11) is 0. The van der Waals surface area contributed by atoms with Crippen molar-refractivity contribution in [2.45, 2.75) is 39.2 Å². The van der Waals surface area contributed by atoms with Crippen LogP contribution in [0.1, 0.15) is 41.4 Å². The van der Waals surface area contributed by atoms with Gasteiger partial charge in [0.2, 0.25) is 5.91 Å². The van der Waals surface area contributed by atoms with Crippen molar-refractivity contribution in [2.75, 3.05) is 18.4 Å². The van der Waals surface area contributed by atoms with Crippen molar-refractivity contribution in [3.8, 4) is 0 Å². The topological polar surface area (TPSA) is 45.2 Å². The average Bonchev–Trinajstić information content (AvgIpc) is 3.05. The number of hydrogen-bond donors (Lipinski definition) is 1. The summed E-state index contributed by atoms with van der Waals surface area (Å²) in [6.45, 7) is 5.46. The van der Waals surface area contributed by atoms with Gasteiger partial charge in [-0.1, -0.05) is 24.6 Å². The van der Waals surface area contributed by atoms with Crippen molar-refractivity contribution in [2.24, 2.45) is 0 Å². The Morgan fingerprint density at radius 3 is 2.74 bits per heavy atom. The molecule has 1 amide bonds. The van der Waals surface area contributed by atoms with E-state index in [0.29, 0.717) is 6.54 Å².